The minimum absolute atomic E-state index is 1.18. The summed E-state index contributed by atoms with van der Waals surface area (Å²) in [4.78, 5) is 0. The van der Waals surface area contributed by atoms with Crippen molar-refractivity contribution in [2.45, 2.75) is 45.4 Å². The van der Waals surface area contributed by atoms with Crippen LogP contribution in [0.1, 0.15) is 43.7 Å². The van der Waals surface area contributed by atoms with Crippen molar-refractivity contribution < 1.29 is 0 Å². The van der Waals surface area contributed by atoms with Crippen LogP contribution < -0.4 is 5.22 Å². The number of rotatable bonds is 4. The molecule has 0 saturated carbocycles. The molecular formula is C21H22. The van der Waals surface area contributed by atoms with E-state index in [4.69, 9.17) is 0 Å². The maximum atomic E-state index is 2.41. The van der Waals surface area contributed by atoms with Gasteiger partial charge in [-0.05, 0) is 63.6 Å². The second kappa shape index (κ2) is 5.18. The lowest BCUT2D eigenvalue weighted by atomic mass is 9.88. The van der Waals surface area contributed by atoms with Crippen LogP contribution in [0.15, 0.2) is 36.4 Å². The fourth-order valence-electron chi connectivity index (χ4n) is 3.85. The van der Waals surface area contributed by atoms with E-state index in [0.717, 1.165) is 0 Å². The van der Waals surface area contributed by atoms with Gasteiger partial charge in [0.1, 0.15) is 0 Å². The zero-order valence-electron chi connectivity index (χ0n) is 12.8. The fraction of sp³-hybridized carbons (Fsp3) is 0.333. The maximum Gasteiger partial charge on any atom is -0.00274 e. The summed E-state index contributed by atoms with van der Waals surface area (Å²) < 4.78 is 0. The third kappa shape index (κ3) is 2.05. The molecule has 0 saturated heterocycles. The minimum atomic E-state index is 1.18. The topological polar surface area (TPSA) is 0 Å². The van der Waals surface area contributed by atoms with E-state index < -0.39 is 0 Å². The summed E-state index contributed by atoms with van der Waals surface area (Å²) in [6.07, 6.45) is 9.93. The van der Waals surface area contributed by atoms with E-state index in [1.54, 1.807) is 0 Å². The number of unbranched alkanes of at least 4 members (excludes halogenated alkanes) is 2. The van der Waals surface area contributed by atoms with E-state index in [2.05, 4.69) is 49.4 Å². The molecule has 21 heavy (non-hydrogen) atoms. The summed E-state index contributed by atoms with van der Waals surface area (Å²) in [5.74, 6) is 0. The Morgan fingerprint density at radius 2 is 1.81 bits per heavy atom. The van der Waals surface area contributed by atoms with Crippen LogP contribution in [0.2, 0.25) is 0 Å². The average Bonchev–Trinajstić information content (AvgIpc) is 2.54. The molecule has 0 heteroatoms. The van der Waals surface area contributed by atoms with Gasteiger partial charge in [-0.1, -0.05) is 62.2 Å². The highest BCUT2D eigenvalue weighted by molar-refractivity contribution is 6.12. The maximum absolute atomic E-state index is 2.41. The molecule has 3 aromatic rings. The third-order valence-electron chi connectivity index (χ3n) is 4.95. The SMILES string of the molecule is CCCCCc1ccc2ccc3c4c(ccc1c24)=CCC3. The van der Waals surface area contributed by atoms with Crippen molar-refractivity contribution in [3.05, 3.63) is 52.7 Å². The Morgan fingerprint density at radius 1 is 0.905 bits per heavy atom. The molecule has 0 N–H and O–H groups in total. The summed E-state index contributed by atoms with van der Waals surface area (Å²) >= 11 is 0. The molecule has 4 rings (SSSR count). The molecule has 106 valence electrons. The van der Waals surface area contributed by atoms with Crippen LogP contribution in [0, 0.1) is 0 Å². The molecule has 1 aliphatic carbocycles. The van der Waals surface area contributed by atoms with Gasteiger partial charge in [-0.3, -0.25) is 0 Å². The van der Waals surface area contributed by atoms with Crippen LogP contribution in [0.25, 0.3) is 27.6 Å². The van der Waals surface area contributed by atoms with Crippen LogP contribution in [0.3, 0.4) is 0 Å². The monoisotopic (exact) mass is 274 g/mol. The molecule has 1 aliphatic rings. The van der Waals surface area contributed by atoms with E-state index in [-0.39, 0.29) is 0 Å². The van der Waals surface area contributed by atoms with E-state index in [1.807, 2.05) is 0 Å². The lowest BCUT2D eigenvalue weighted by molar-refractivity contribution is 0.720. The molecule has 0 radical (unpaired) electrons. The van der Waals surface area contributed by atoms with Crippen LogP contribution in [-0.4, -0.2) is 0 Å². The zero-order chi connectivity index (χ0) is 14.2. The Balaban J connectivity index is 1.99. The van der Waals surface area contributed by atoms with Gasteiger partial charge in [-0.25, -0.2) is 0 Å². The molecule has 0 nitrogen and oxygen atoms in total. The van der Waals surface area contributed by atoms with Gasteiger partial charge in [0.05, 0.1) is 0 Å². The molecule has 0 fully saturated rings. The molecular weight excluding hydrogens is 252 g/mol. The number of benzene rings is 3. The standard InChI is InChI=1S/C21H22/c1-2-3-4-6-15-9-10-18-12-11-16-7-5-8-17-13-14-19(15)21(18)20(16)17/h8-14H,2-7H2,1H3. The van der Waals surface area contributed by atoms with Crippen molar-refractivity contribution in [3.63, 3.8) is 0 Å². The van der Waals surface area contributed by atoms with E-state index in [1.165, 1.54) is 76.4 Å². The summed E-state index contributed by atoms with van der Waals surface area (Å²) in [7, 11) is 0. The molecule has 0 spiro atoms. The van der Waals surface area contributed by atoms with Crippen molar-refractivity contribution in [2.75, 3.05) is 0 Å². The van der Waals surface area contributed by atoms with Crippen LogP contribution in [0.4, 0.5) is 0 Å². The predicted molar refractivity (Wildman–Crippen MR) is 92.7 cm³/mol. The molecule has 0 amide bonds. The van der Waals surface area contributed by atoms with Crippen molar-refractivity contribution in [2.24, 2.45) is 0 Å². The van der Waals surface area contributed by atoms with Gasteiger partial charge in [0.2, 0.25) is 0 Å². The Kier molecular flexibility index (Phi) is 3.18. The Bertz CT molecular complexity index is 855. The minimum Gasteiger partial charge on any atom is -0.0763 e. The highest BCUT2D eigenvalue weighted by Crippen LogP contribution is 2.32. The van der Waals surface area contributed by atoms with Crippen molar-refractivity contribution in [3.8, 4) is 0 Å². The summed E-state index contributed by atoms with van der Waals surface area (Å²) in [6.45, 7) is 2.28. The van der Waals surface area contributed by atoms with Gasteiger partial charge in [0.15, 0.2) is 0 Å². The van der Waals surface area contributed by atoms with E-state index in [0.29, 0.717) is 0 Å². The van der Waals surface area contributed by atoms with Crippen LogP contribution in [-0.2, 0) is 12.8 Å². The normalized spacial score (nSPS) is 13.8. The average molecular weight is 274 g/mol. The second-order valence-corrected chi connectivity index (χ2v) is 6.32. The first-order chi connectivity index (χ1) is 10.4. The molecule has 0 aliphatic heterocycles. The predicted octanol–water partition coefficient (Wildman–Crippen LogP) is 5.17. The Hall–Kier alpha value is -1.82. The number of aryl methyl sites for hydroxylation is 2. The smallest absolute Gasteiger partial charge is 0.00274 e. The highest BCUT2D eigenvalue weighted by atomic mass is 14.2. The van der Waals surface area contributed by atoms with Gasteiger partial charge >= 0.3 is 0 Å². The van der Waals surface area contributed by atoms with Crippen molar-refractivity contribution >= 4 is 27.6 Å². The van der Waals surface area contributed by atoms with Crippen molar-refractivity contribution in [1.82, 2.24) is 0 Å². The number of hydrogen-bond donors (Lipinski definition) is 0. The van der Waals surface area contributed by atoms with E-state index >= 15 is 0 Å². The van der Waals surface area contributed by atoms with Crippen LogP contribution >= 0.6 is 0 Å². The number of hydrogen-bond acceptors (Lipinski definition) is 0. The first-order valence-electron chi connectivity index (χ1n) is 8.34. The molecule has 3 aromatic carbocycles. The highest BCUT2D eigenvalue weighted by Gasteiger charge is 2.12. The van der Waals surface area contributed by atoms with E-state index in [9.17, 15) is 0 Å². The van der Waals surface area contributed by atoms with Gasteiger partial charge < -0.3 is 0 Å². The van der Waals surface area contributed by atoms with Crippen molar-refractivity contribution in [1.29, 1.82) is 0 Å². The lowest BCUT2D eigenvalue weighted by Gasteiger charge is -2.16. The summed E-state index contributed by atoms with van der Waals surface area (Å²) in [5.41, 5.74) is 3.07. The summed E-state index contributed by atoms with van der Waals surface area (Å²) in [6, 6.07) is 14.0. The van der Waals surface area contributed by atoms with Crippen LogP contribution in [0.5, 0.6) is 0 Å². The molecule has 0 aromatic heterocycles. The zero-order valence-corrected chi connectivity index (χ0v) is 12.8. The van der Waals surface area contributed by atoms with Gasteiger partial charge in [0.25, 0.3) is 0 Å². The third-order valence-corrected chi connectivity index (χ3v) is 4.95. The first kappa shape index (κ1) is 12.9. The second-order valence-electron chi connectivity index (χ2n) is 6.32. The first-order valence-corrected chi connectivity index (χ1v) is 8.34. The van der Waals surface area contributed by atoms with Gasteiger partial charge in [0, 0.05) is 0 Å². The molecule has 0 unspecified atom stereocenters. The van der Waals surface area contributed by atoms with Gasteiger partial charge in [-0.2, -0.15) is 0 Å². The lowest BCUT2D eigenvalue weighted by Crippen LogP contribution is -2.10. The largest absolute Gasteiger partial charge is 0.0763 e. The Labute approximate surface area is 126 Å². The summed E-state index contributed by atoms with van der Waals surface area (Å²) in [5, 5.41) is 7.36. The molecule has 0 atom stereocenters. The molecule has 0 heterocycles. The molecule has 0 bridgehead atoms. The Morgan fingerprint density at radius 3 is 2.71 bits per heavy atom. The quantitative estimate of drug-likeness (QED) is 0.576. The van der Waals surface area contributed by atoms with Gasteiger partial charge in [-0.15, -0.1) is 0 Å². The fourth-order valence-corrected chi connectivity index (χ4v) is 3.85.